The highest BCUT2D eigenvalue weighted by Crippen LogP contribution is 2.35. The van der Waals surface area contributed by atoms with E-state index in [0.717, 1.165) is 33.2 Å². The maximum absolute atomic E-state index is 9.34. The molecule has 0 bridgehead atoms. The predicted molar refractivity (Wildman–Crippen MR) is 168 cm³/mol. The quantitative estimate of drug-likeness (QED) is 0.149. The van der Waals surface area contributed by atoms with E-state index >= 15 is 0 Å². The Labute approximate surface area is 252 Å². The van der Waals surface area contributed by atoms with Gasteiger partial charge in [0.15, 0.2) is 23.0 Å². The molecule has 0 amide bonds. The van der Waals surface area contributed by atoms with Crippen LogP contribution in [0.1, 0.15) is 0 Å². The van der Waals surface area contributed by atoms with Crippen LogP contribution < -0.4 is 29.6 Å². The van der Waals surface area contributed by atoms with Crippen molar-refractivity contribution in [2.24, 2.45) is 0 Å². The molecule has 0 aliphatic rings. The fourth-order valence-corrected chi connectivity index (χ4v) is 4.33. The van der Waals surface area contributed by atoms with E-state index in [1.165, 1.54) is 12.7 Å². The van der Waals surface area contributed by atoms with E-state index in [0.29, 0.717) is 34.6 Å². The Morgan fingerprint density at radius 2 is 0.818 bits per heavy atom. The molecule has 0 saturated heterocycles. The van der Waals surface area contributed by atoms with E-state index in [9.17, 15) is 10.2 Å². The fourth-order valence-electron chi connectivity index (χ4n) is 4.33. The highest BCUT2D eigenvalue weighted by Gasteiger charge is 2.12. The van der Waals surface area contributed by atoms with Gasteiger partial charge in [0.1, 0.15) is 35.8 Å². The van der Waals surface area contributed by atoms with Gasteiger partial charge in [-0.2, -0.15) is 0 Å². The van der Waals surface area contributed by atoms with Gasteiger partial charge in [-0.15, -0.1) is 0 Å². The van der Waals surface area contributed by atoms with Crippen molar-refractivity contribution in [3.05, 3.63) is 85.5 Å². The third-order valence-corrected chi connectivity index (χ3v) is 6.54. The molecule has 6 rings (SSSR count). The zero-order valence-electron chi connectivity index (χ0n) is 24.4. The zero-order valence-corrected chi connectivity index (χ0v) is 24.4. The number of ether oxygens (including phenoxy) is 4. The summed E-state index contributed by atoms with van der Waals surface area (Å²) in [5.41, 5.74) is 3.11. The lowest BCUT2D eigenvalue weighted by molar-refractivity contribution is 0.356. The first-order valence-corrected chi connectivity index (χ1v) is 13.3. The standard InChI is InChI=1S/2C16H15N3O3/c2*1-21-14-7-12-13(8-15(14)22-2)17-9-18-16(12)19-10-3-5-11(20)6-4-10/h2*3-9,20H,1-2H3,(H,17,18,19). The fraction of sp³-hybridized carbons (Fsp3) is 0.125. The van der Waals surface area contributed by atoms with Gasteiger partial charge in [0.25, 0.3) is 0 Å². The van der Waals surface area contributed by atoms with E-state index < -0.39 is 0 Å². The third kappa shape index (κ3) is 6.54. The molecule has 4 N–H and O–H groups in total. The molecule has 0 spiro atoms. The van der Waals surface area contributed by atoms with Gasteiger partial charge in [0.2, 0.25) is 0 Å². The average Bonchev–Trinajstić information content (AvgIpc) is 3.06. The maximum atomic E-state index is 9.34. The minimum Gasteiger partial charge on any atom is -0.508 e. The van der Waals surface area contributed by atoms with Crippen LogP contribution in [0.5, 0.6) is 34.5 Å². The average molecular weight is 595 g/mol. The Kier molecular flexibility index (Phi) is 8.90. The van der Waals surface area contributed by atoms with E-state index in [-0.39, 0.29) is 11.5 Å². The first-order chi connectivity index (χ1) is 21.4. The topological polar surface area (TPSA) is 153 Å². The molecule has 44 heavy (non-hydrogen) atoms. The third-order valence-electron chi connectivity index (χ3n) is 6.54. The van der Waals surface area contributed by atoms with Crippen LogP contribution in [-0.2, 0) is 0 Å². The number of phenols is 2. The summed E-state index contributed by atoms with van der Waals surface area (Å²) in [4.78, 5) is 17.1. The van der Waals surface area contributed by atoms with Gasteiger partial charge in [-0.1, -0.05) is 0 Å². The molecule has 4 aromatic carbocycles. The first-order valence-electron chi connectivity index (χ1n) is 13.3. The molecule has 0 unspecified atom stereocenters. The van der Waals surface area contributed by atoms with Crippen molar-refractivity contribution in [3.63, 3.8) is 0 Å². The molecule has 0 aliphatic carbocycles. The molecule has 12 heteroatoms. The lowest BCUT2D eigenvalue weighted by Gasteiger charge is -2.12. The summed E-state index contributed by atoms with van der Waals surface area (Å²) in [6.45, 7) is 0. The second kappa shape index (κ2) is 13.3. The van der Waals surface area contributed by atoms with E-state index in [1.807, 2.05) is 12.1 Å². The monoisotopic (exact) mass is 594 g/mol. The Morgan fingerprint density at radius 1 is 0.477 bits per heavy atom. The summed E-state index contributed by atoms with van der Waals surface area (Å²) >= 11 is 0. The number of hydrogen-bond acceptors (Lipinski definition) is 12. The minimum absolute atomic E-state index is 0.213. The van der Waals surface area contributed by atoms with Crippen LogP contribution in [0.25, 0.3) is 21.8 Å². The van der Waals surface area contributed by atoms with Gasteiger partial charge < -0.3 is 39.8 Å². The molecule has 2 aromatic heterocycles. The number of hydrogen-bond donors (Lipinski definition) is 4. The van der Waals surface area contributed by atoms with Crippen molar-refractivity contribution in [1.82, 2.24) is 19.9 Å². The van der Waals surface area contributed by atoms with Crippen molar-refractivity contribution in [1.29, 1.82) is 0 Å². The van der Waals surface area contributed by atoms with E-state index in [1.54, 1.807) is 89.1 Å². The number of anilines is 4. The highest BCUT2D eigenvalue weighted by molar-refractivity contribution is 5.94. The van der Waals surface area contributed by atoms with Crippen LogP contribution in [0.15, 0.2) is 85.5 Å². The lowest BCUT2D eigenvalue weighted by Crippen LogP contribution is -1.97. The number of benzene rings is 4. The highest BCUT2D eigenvalue weighted by atomic mass is 16.5. The van der Waals surface area contributed by atoms with E-state index in [4.69, 9.17) is 18.9 Å². The second-order valence-corrected chi connectivity index (χ2v) is 9.24. The van der Waals surface area contributed by atoms with Gasteiger partial charge in [-0.3, -0.25) is 0 Å². The van der Waals surface area contributed by atoms with Crippen LogP contribution >= 0.6 is 0 Å². The molecule has 224 valence electrons. The summed E-state index contributed by atoms with van der Waals surface area (Å²) in [5, 5.41) is 26.7. The molecule has 0 aliphatic heterocycles. The summed E-state index contributed by atoms with van der Waals surface area (Å²) < 4.78 is 21.2. The Balaban J connectivity index is 0.000000175. The largest absolute Gasteiger partial charge is 0.508 e. The summed E-state index contributed by atoms with van der Waals surface area (Å²) in [5.74, 6) is 4.17. The molecular formula is C32H30N6O6. The van der Waals surface area contributed by atoms with Crippen LogP contribution in [0.4, 0.5) is 23.0 Å². The van der Waals surface area contributed by atoms with Gasteiger partial charge >= 0.3 is 0 Å². The number of rotatable bonds is 8. The number of phenolic OH excluding ortho intramolecular Hbond substituents is 2. The molecule has 0 radical (unpaired) electrons. The minimum atomic E-state index is 0.213. The molecule has 0 saturated carbocycles. The van der Waals surface area contributed by atoms with Crippen LogP contribution in [0.2, 0.25) is 0 Å². The van der Waals surface area contributed by atoms with Gasteiger partial charge in [0, 0.05) is 34.3 Å². The molecule has 2 heterocycles. The van der Waals surface area contributed by atoms with Gasteiger partial charge in [-0.05, 0) is 60.7 Å². The predicted octanol–water partition coefficient (Wildman–Crippen LogP) is 6.19. The lowest BCUT2D eigenvalue weighted by atomic mass is 10.2. The molecule has 0 fully saturated rings. The first kappa shape index (κ1) is 29.5. The molecule has 6 aromatic rings. The van der Waals surface area contributed by atoms with Crippen molar-refractivity contribution >= 4 is 44.8 Å². The van der Waals surface area contributed by atoms with Crippen molar-refractivity contribution in [2.45, 2.75) is 0 Å². The summed E-state index contributed by atoms with van der Waals surface area (Å²) in [7, 11) is 6.34. The number of methoxy groups -OCH3 is 4. The van der Waals surface area contributed by atoms with Crippen molar-refractivity contribution in [3.8, 4) is 34.5 Å². The zero-order chi connectivity index (χ0) is 31.1. The molecular weight excluding hydrogens is 564 g/mol. The number of fused-ring (bicyclic) bond motifs is 2. The van der Waals surface area contributed by atoms with Crippen LogP contribution in [0.3, 0.4) is 0 Å². The van der Waals surface area contributed by atoms with Crippen molar-refractivity contribution < 1.29 is 29.2 Å². The van der Waals surface area contributed by atoms with E-state index in [2.05, 4.69) is 30.6 Å². The SMILES string of the molecule is COc1cc2ncnc(Nc3ccc(O)cc3)c2cc1OC.COc1cc2ncnc(Nc3ccc(O)cc3)c2cc1OC. The number of nitrogens with zero attached hydrogens (tertiary/aromatic N) is 4. The maximum Gasteiger partial charge on any atom is 0.162 e. The Morgan fingerprint density at radius 3 is 1.16 bits per heavy atom. The Hall–Kier alpha value is -6.04. The normalized spacial score (nSPS) is 10.5. The van der Waals surface area contributed by atoms with Crippen molar-refractivity contribution in [2.75, 3.05) is 39.1 Å². The summed E-state index contributed by atoms with van der Waals surface area (Å²) in [6, 6.07) is 20.8. The van der Waals surface area contributed by atoms with Crippen LogP contribution in [-0.4, -0.2) is 58.6 Å². The van der Waals surface area contributed by atoms with Gasteiger partial charge in [0.05, 0.1) is 39.5 Å². The van der Waals surface area contributed by atoms with Crippen LogP contribution in [0, 0.1) is 0 Å². The Bertz CT molecular complexity index is 1750. The number of aromatic nitrogens is 4. The number of aromatic hydroxyl groups is 2. The second-order valence-electron chi connectivity index (χ2n) is 9.24. The van der Waals surface area contributed by atoms with Gasteiger partial charge in [-0.25, -0.2) is 19.9 Å². The smallest absolute Gasteiger partial charge is 0.162 e. The number of nitrogens with one attached hydrogen (secondary N) is 2. The molecule has 0 atom stereocenters. The summed E-state index contributed by atoms with van der Waals surface area (Å²) in [6.07, 6.45) is 2.97. The molecule has 12 nitrogen and oxygen atoms in total.